The van der Waals surface area contributed by atoms with Gasteiger partial charge < -0.3 is 14.9 Å². The Hall–Kier alpha value is -5.11. The first-order chi connectivity index (χ1) is 21.0. The van der Waals surface area contributed by atoms with Crippen molar-refractivity contribution in [3.05, 3.63) is 120 Å². The Labute approximate surface area is 250 Å². The number of hydrogen-bond acceptors (Lipinski definition) is 3. The number of para-hydroxylation sites is 4. The molecule has 8 nitrogen and oxygen atoms in total. The Morgan fingerprint density at radius 1 is 0.674 bits per heavy atom. The molecule has 2 fully saturated rings. The number of carbonyl (C=O) groups is 3. The molecule has 1 N–H and O–H groups in total. The average molecular weight is 573 g/mol. The summed E-state index contributed by atoms with van der Waals surface area (Å²) in [5.41, 5.74) is 5.01. The summed E-state index contributed by atoms with van der Waals surface area (Å²) < 4.78 is 0. The minimum Gasteiger partial charge on any atom is -0.480 e. The fourth-order valence-corrected chi connectivity index (χ4v) is 7.00. The second-order valence-corrected chi connectivity index (χ2v) is 11.3. The Balaban J connectivity index is 1.27. The van der Waals surface area contributed by atoms with Crippen LogP contribution in [0.3, 0.4) is 0 Å². The lowest BCUT2D eigenvalue weighted by Crippen LogP contribution is -2.67. The van der Waals surface area contributed by atoms with Crippen LogP contribution < -0.4 is 9.80 Å². The maximum absolute atomic E-state index is 14.6. The molecule has 4 amide bonds. The molecule has 0 radical (unpaired) electrons. The third-order valence-electron chi connectivity index (χ3n) is 8.91. The minimum atomic E-state index is -1.19. The number of carboxylic acid groups (broad SMARTS) is 1. The highest BCUT2D eigenvalue weighted by molar-refractivity contribution is 6.04. The Kier molecular flexibility index (Phi) is 6.81. The molecular formula is C35H32N4O4. The van der Waals surface area contributed by atoms with Gasteiger partial charge in [-0.15, -0.1) is 0 Å². The molecule has 4 aromatic rings. The van der Waals surface area contributed by atoms with Gasteiger partial charge in [0.2, 0.25) is 0 Å². The number of likely N-dealkylation sites (tertiary alicyclic amines) is 1. The summed E-state index contributed by atoms with van der Waals surface area (Å²) in [6.07, 6.45) is 2.68. The fraction of sp³-hybridized carbons (Fsp3) is 0.229. The molecule has 0 unspecified atom stereocenters. The van der Waals surface area contributed by atoms with Crippen molar-refractivity contribution in [3.63, 3.8) is 0 Å². The number of piperazine rings is 1. The zero-order valence-electron chi connectivity index (χ0n) is 23.6. The van der Waals surface area contributed by atoms with E-state index in [-0.39, 0.29) is 24.6 Å². The highest BCUT2D eigenvalue weighted by Crippen LogP contribution is 2.41. The molecule has 216 valence electrons. The molecule has 2 saturated heterocycles. The highest BCUT2D eigenvalue weighted by atomic mass is 16.4. The number of carbonyl (C=O) groups excluding carboxylic acids is 2. The van der Waals surface area contributed by atoms with Gasteiger partial charge in [0.1, 0.15) is 0 Å². The Morgan fingerprint density at radius 3 is 1.72 bits per heavy atom. The Morgan fingerprint density at radius 2 is 1.19 bits per heavy atom. The zero-order chi connectivity index (χ0) is 29.5. The number of hydrogen-bond donors (Lipinski definition) is 1. The number of rotatable bonds is 3. The molecule has 4 aromatic carbocycles. The number of anilines is 4. The number of carboxylic acids is 1. The van der Waals surface area contributed by atoms with Crippen LogP contribution >= 0.6 is 0 Å². The minimum absolute atomic E-state index is 0.135. The molecule has 3 aliphatic rings. The summed E-state index contributed by atoms with van der Waals surface area (Å²) >= 11 is 0. The maximum Gasteiger partial charge on any atom is 0.330 e. The third-order valence-corrected chi connectivity index (χ3v) is 8.91. The van der Waals surface area contributed by atoms with Gasteiger partial charge >= 0.3 is 18.0 Å². The second kappa shape index (κ2) is 10.9. The summed E-state index contributed by atoms with van der Waals surface area (Å²) in [5.74, 6) is -1.11. The number of aryl methyl sites for hydroxylation is 2. The van der Waals surface area contributed by atoms with E-state index < -0.39 is 18.1 Å². The summed E-state index contributed by atoms with van der Waals surface area (Å²) in [6, 6.07) is 31.6. The van der Waals surface area contributed by atoms with Crippen LogP contribution in [-0.4, -0.2) is 57.6 Å². The van der Waals surface area contributed by atoms with Crippen LogP contribution in [0.4, 0.5) is 32.3 Å². The standard InChI is InChI=1S/C35H32N4O4/c40-33(41)32-31-22-21-28(38(31)35(43)37(26-13-3-1-4-14-26)27-15-5-2-6-16-27)23-36(32)34(42)39-29-17-9-7-11-24(29)19-20-25-12-8-10-18-30(25)39/h1-18,28,31-32H,19-23H2,(H,40,41)/t28-,31+,32-/m0/s1. The van der Waals surface area contributed by atoms with Gasteiger partial charge in [-0.3, -0.25) is 9.80 Å². The Bertz CT molecular complexity index is 1590. The first-order valence-electron chi connectivity index (χ1n) is 14.7. The second-order valence-electron chi connectivity index (χ2n) is 11.3. The van der Waals surface area contributed by atoms with E-state index >= 15 is 0 Å². The number of aliphatic carboxylic acids is 1. The first kappa shape index (κ1) is 26.8. The smallest absolute Gasteiger partial charge is 0.330 e. The summed E-state index contributed by atoms with van der Waals surface area (Å²) in [6.45, 7) is 0.135. The quantitative estimate of drug-likeness (QED) is 0.300. The summed E-state index contributed by atoms with van der Waals surface area (Å²) in [4.78, 5) is 48.6. The molecule has 0 saturated carbocycles. The third kappa shape index (κ3) is 4.59. The van der Waals surface area contributed by atoms with E-state index in [1.807, 2.05) is 109 Å². The molecular weight excluding hydrogens is 540 g/mol. The molecule has 7 rings (SSSR count). The average Bonchev–Trinajstić information content (AvgIpc) is 3.23. The van der Waals surface area contributed by atoms with Crippen molar-refractivity contribution in [1.82, 2.24) is 9.80 Å². The van der Waals surface area contributed by atoms with Crippen molar-refractivity contribution in [2.24, 2.45) is 0 Å². The molecule has 3 atom stereocenters. The van der Waals surface area contributed by atoms with Crippen LogP contribution in [0.25, 0.3) is 0 Å². The molecule has 43 heavy (non-hydrogen) atoms. The number of amides is 4. The van der Waals surface area contributed by atoms with E-state index in [0.717, 1.165) is 35.3 Å². The maximum atomic E-state index is 14.6. The van der Waals surface area contributed by atoms with E-state index in [1.165, 1.54) is 4.90 Å². The summed E-state index contributed by atoms with van der Waals surface area (Å²) in [5, 5.41) is 10.6. The number of nitrogens with zero attached hydrogens (tertiary/aromatic N) is 4. The molecule has 0 aromatic heterocycles. The van der Waals surface area contributed by atoms with Crippen LogP contribution in [0.15, 0.2) is 109 Å². The number of urea groups is 2. The first-order valence-corrected chi connectivity index (χ1v) is 14.7. The van der Waals surface area contributed by atoms with Crippen molar-refractivity contribution in [3.8, 4) is 0 Å². The van der Waals surface area contributed by atoms with Gasteiger partial charge in [-0.2, -0.15) is 0 Å². The van der Waals surface area contributed by atoms with Gasteiger partial charge in [-0.25, -0.2) is 14.4 Å². The van der Waals surface area contributed by atoms with Crippen molar-refractivity contribution in [2.75, 3.05) is 16.3 Å². The molecule has 3 heterocycles. The number of fused-ring (bicyclic) bond motifs is 4. The molecule has 0 aliphatic carbocycles. The fourth-order valence-electron chi connectivity index (χ4n) is 7.00. The molecule has 8 heteroatoms. The van der Waals surface area contributed by atoms with Crippen LogP contribution in [0.2, 0.25) is 0 Å². The van der Waals surface area contributed by atoms with Crippen molar-refractivity contribution < 1.29 is 19.5 Å². The van der Waals surface area contributed by atoms with Gasteiger partial charge in [0.05, 0.1) is 34.8 Å². The van der Waals surface area contributed by atoms with Gasteiger partial charge in [0.15, 0.2) is 6.04 Å². The van der Waals surface area contributed by atoms with Gasteiger partial charge in [0.25, 0.3) is 0 Å². The topological polar surface area (TPSA) is 84.4 Å². The van der Waals surface area contributed by atoms with Crippen molar-refractivity contribution in [2.45, 2.75) is 43.8 Å². The van der Waals surface area contributed by atoms with Gasteiger partial charge in [-0.05, 0) is 73.2 Å². The van der Waals surface area contributed by atoms with E-state index in [2.05, 4.69) is 0 Å². The predicted molar refractivity (Wildman–Crippen MR) is 165 cm³/mol. The lowest BCUT2D eigenvalue weighted by Gasteiger charge is -2.47. The van der Waals surface area contributed by atoms with Gasteiger partial charge in [0, 0.05) is 6.54 Å². The number of benzene rings is 4. The molecule has 2 bridgehead atoms. The van der Waals surface area contributed by atoms with E-state index in [9.17, 15) is 19.5 Å². The molecule has 0 spiro atoms. The zero-order valence-corrected chi connectivity index (χ0v) is 23.6. The van der Waals surface area contributed by atoms with Crippen molar-refractivity contribution in [1.29, 1.82) is 0 Å². The molecule has 3 aliphatic heterocycles. The van der Waals surface area contributed by atoms with E-state index in [1.54, 1.807) is 14.7 Å². The van der Waals surface area contributed by atoms with Gasteiger partial charge in [-0.1, -0.05) is 72.8 Å². The largest absolute Gasteiger partial charge is 0.480 e. The summed E-state index contributed by atoms with van der Waals surface area (Å²) in [7, 11) is 0. The van der Waals surface area contributed by atoms with E-state index in [0.29, 0.717) is 24.2 Å². The van der Waals surface area contributed by atoms with Crippen LogP contribution in [0.1, 0.15) is 24.0 Å². The predicted octanol–water partition coefficient (Wildman–Crippen LogP) is 6.60. The SMILES string of the molecule is O=C(O)[C@@H]1[C@H]2CC[C@@H](CN1C(=O)N1c3ccccc3CCc3ccccc31)N2C(=O)N(c1ccccc1)c1ccccc1. The van der Waals surface area contributed by atoms with Crippen LogP contribution in [0, 0.1) is 0 Å². The lowest BCUT2D eigenvalue weighted by molar-refractivity contribution is -0.145. The van der Waals surface area contributed by atoms with E-state index in [4.69, 9.17) is 0 Å². The van der Waals surface area contributed by atoms with Crippen molar-refractivity contribution >= 4 is 40.8 Å². The van der Waals surface area contributed by atoms with Crippen LogP contribution in [0.5, 0.6) is 0 Å². The lowest BCUT2D eigenvalue weighted by atomic mass is 10.0. The normalized spacial score (nSPS) is 20.6. The monoisotopic (exact) mass is 572 g/mol. The highest BCUT2D eigenvalue weighted by Gasteiger charge is 2.54. The van der Waals surface area contributed by atoms with Crippen LogP contribution in [-0.2, 0) is 17.6 Å².